The first-order chi connectivity index (χ1) is 15.8. The van der Waals surface area contributed by atoms with E-state index in [2.05, 4.69) is 26.9 Å². The van der Waals surface area contributed by atoms with Gasteiger partial charge in [-0.15, -0.1) is 0 Å². The number of carbonyl (C=O) groups excluding carboxylic acids is 1. The van der Waals surface area contributed by atoms with Crippen LogP contribution in [0.5, 0.6) is 0 Å². The molecule has 2 amide bonds. The van der Waals surface area contributed by atoms with Crippen LogP contribution in [0.2, 0.25) is 0 Å². The monoisotopic (exact) mass is 468 g/mol. The summed E-state index contributed by atoms with van der Waals surface area (Å²) in [5, 5.41) is 3.30. The number of rotatable bonds is 6. The second kappa shape index (κ2) is 9.74. The lowest BCUT2D eigenvalue weighted by molar-refractivity contribution is 0.233. The number of fused-ring (bicyclic) bond motifs is 1. The van der Waals surface area contributed by atoms with E-state index >= 15 is 0 Å². The smallest absolute Gasteiger partial charge is 0.328 e. The van der Waals surface area contributed by atoms with Gasteiger partial charge in [0.1, 0.15) is 5.82 Å². The summed E-state index contributed by atoms with van der Waals surface area (Å²) in [7, 11) is -4.00. The van der Waals surface area contributed by atoms with Crippen molar-refractivity contribution in [1.29, 1.82) is 0 Å². The molecule has 0 spiro atoms. The minimum atomic E-state index is -4.00. The third-order valence-electron chi connectivity index (χ3n) is 6.10. The van der Waals surface area contributed by atoms with Crippen LogP contribution in [0, 0.1) is 5.92 Å². The van der Waals surface area contributed by atoms with Gasteiger partial charge in [0.05, 0.1) is 15.8 Å². The molecule has 1 aromatic heterocycles. The highest BCUT2D eigenvalue weighted by molar-refractivity contribution is 7.90. The van der Waals surface area contributed by atoms with Crippen molar-refractivity contribution in [2.24, 2.45) is 5.92 Å². The van der Waals surface area contributed by atoms with Crippen LogP contribution in [-0.4, -0.2) is 30.5 Å². The highest BCUT2D eigenvalue weighted by Crippen LogP contribution is 2.23. The fraction of sp³-hybridized carbons (Fsp3) is 0.375. The summed E-state index contributed by atoms with van der Waals surface area (Å²) in [5.74, 6) is 1.17. The van der Waals surface area contributed by atoms with Crippen molar-refractivity contribution in [2.45, 2.75) is 56.4 Å². The van der Waals surface area contributed by atoms with Gasteiger partial charge >= 0.3 is 6.03 Å². The Hall–Kier alpha value is -3.20. The molecule has 8 nitrogen and oxygen atoms in total. The van der Waals surface area contributed by atoms with Gasteiger partial charge in [-0.3, -0.25) is 4.79 Å². The van der Waals surface area contributed by atoms with E-state index in [1.54, 1.807) is 30.3 Å². The van der Waals surface area contributed by atoms with Crippen molar-refractivity contribution in [1.82, 2.24) is 20.0 Å². The number of benzene rings is 2. The number of para-hydroxylation sites is 1. The van der Waals surface area contributed by atoms with Crippen LogP contribution in [0.15, 0.2) is 58.2 Å². The topological polar surface area (TPSA) is 121 Å². The molecule has 0 aliphatic heterocycles. The molecule has 0 bridgehead atoms. The molecule has 3 aromatic rings. The van der Waals surface area contributed by atoms with Gasteiger partial charge < -0.3 is 10.3 Å². The van der Waals surface area contributed by atoms with Crippen LogP contribution >= 0.6 is 0 Å². The van der Waals surface area contributed by atoms with E-state index in [4.69, 9.17) is 0 Å². The third kappa shape index (κ3) is 5.78. The lowest BCUT2D eigenvalue weighted by Gasteiger charge is -2.26. The molecular formula is C24H28N4O4S. The molecular weight excluding hydrogens is 440 g/mol. The first kappa shape index (κ1) is 23.0. The molecule has 2 aromatic carbocycles. The first-order valence-electron chi connectivity index (χ1n) is 11.2. The molecule has 0 atom stereocenters. The Morgan fingerprint density at radius 3 is 2.61 bits per heavy atom. The van der Waals surface area contributed by atoms with E-state index in [1.807, 2.05) is 6.07 Å². The van der Waals surface area contributed by atoms with Crippen molar-refractivity contribution < 1.29 is 13.2 Å². The Morgan fingerprint density at radius 2 is 1.82 bits per heavy atom. The zero-order valence-corrected chi connectivity index (χ0v) is 19.3. The molecule has 1 fully saturated rings. The van der Waals surface area contributed by atoms with Gasteiger partial charge in [0, 0.05) is 12.5 Å². The molecule has 0 saturated heterocycles. The molecule has 0 unspecified atom stereocenters. The number of nitrogens with zero attached hydrogens (tertiary/aromatic N) is 1. The van der Waals surface area contributed by atoms with Gasteiger partial charge in [-0.05, 0) is 67.9 Å². The highest BCUT2D eigenvalue weighted by atomic mass is 32.2. The number of hydrogen-bond acceptors (Lipinski definition) is 5. The Morgan fingerprint density at radius 1 is 1.06 bits per heavy atom. The van der Waals surface area contributed by atoms with E-state index in [9.17, 15) is 18.0 Å². The predicted octanol–water partition coefficient (Wildman–Crippen LogP) is 3.27. The molecule has 9 heteroatoms. The van der Waals surface area contributed by atoms with Gasteiger partial charge in [0.15, 0.2) is 0 Å². The van der Waals surface area contributed by atoms with Crippen molar-refractivity contribution in [3.8, 4) is 0 Å². The zero-order chi connectivity index (χ0) is 23.4. The third-order valence-corrected chi connectivity index (χ3v) is 7.43. The van der Waals surface area contributed by atoms with Crippen LogP contribution in [0.25, 0.3) is 10.9 Å². The van der Waals surface area contributed by atoms with E-state index in [0.717, 1.165) is 31.2 Å². The van der Waals surface area contributed by atoms with Crippen molar-refractivity contribution in [2.75, 3.05) is 0 Å². The second-order valence-corrected chi connectivity index (χ2v) is 10.4. The SMILES string of the molecule is CC1CCC(NC(=O)NS(=O)(=O)c2cccc(CCc3nc4ccccc4c(=O)[nH]3)c2)CC1. The van der Waals surface area contributed by atoms with Crippen LogP contribution in [0.4, 0.5) is 4.79 Å². The second-order valence-electron chi connectivity index (χ2n) is 8.71. The van der Waals surface area contributed by atoms with Crippen molar-refractivity contribution in [3.63, 3.8) is 0 Å². The van der Waals surface area contributed by atoms with Gasteiger partial charge in [0.2, 0.25) is 0 Å². The maximum absolute atomic E-state index is 12.7. The fourth-order valence-electron chi connectivity index (χ4n) is 4.18. The summed E-state index contributed by atoms with van der Waals surface area (Å²) in [6.45, 7) is 2.18. The van der Waals surface area contributed by atoms with Crippen molar-refractivity contribution >= 4 is 27.0 Å². The maximum atomic E-state index is 12.7. The Bertz CT molecular complexity index is 1310. The van der Waals surface area contributed by atoms with E-state index in [-0.39, 0.29) is 16.5 Å². The largest absolute Gasteiger partial charge is 0.335 e. The number of carbonyl (C=O) groups is 1. The first-order valence-corrected chi connectivity index (χ1v) is 12.7. The summed E-state index contributed by atoms with van der Waals surface area (Å²) < 4.78 is 27.6. The zero-order valence-electron chi connectivity index (χ0n) is 18.5. The Balaban J connectivity index is 1.40. The summed E-state index contributed by atoms with van der Waals surface area (Å²) in [6, 6.07) is 12.9. The molecule has 1 aliphatic carbocycles. The molecule has 1 heterocycles. The van der Waals surface area contributed by atoms with Gasteiger partial charge in [-0.1, -0.05) is 31.2 Å². The van der Waals surface area contributed by atoms with E-state index in [1.165, 1.54) is 12.1 Å². The molecule has 4 rings (SSSR count). The van der Waals surface area contributed by atoms with Crippen LogP contribution in [0.3, 0.4) is 0 Å². The molecule has 0 radical (unpaired) electrons. The number of amides is 2. The number of aryl methyl sites for hydroxylation is 2. The standard InChI is InChI=1S/C24H28N4O4S/c1-16-9-12-18(13-10-16)25-24(30)28-33(31,32)19-6-4-5-17(15-19)11-14-22-26-21-8-3-2-7-20(21)23(29)27-22/h2-8,15-16,18H,9-14H2,1H3,(H2,25,28,30)(H,26,27,29). The molecule has 3 N–H and O–H groups in total. The summed E-state index contributed by atoms with van der Waals surface area (Å²) >= 11 is 0. The summed E-state index contributed by atoms with van der Waals surface area (Å²) in [4.78, 5) is 31.8. The lowest BCUT2D eigenvalue weighted by atomic mass is 9.87. The quantitative estimate of drug-likeness (QED) is 0.513. The molecule has 33 heavy (non-hydrogen) atoms. The fourth-order valence-corrected chi connectivity index (χ4v) is 5.17. The van der Waals surface area contributed by atoms with Crippen LogP contribution < -0.4 is 15.6 Å². The van der Waals surface area contributed by atoms with Crippen LogP contribution in [-0.2, 0) is 22.9 Å². The van der Waals surface area contributed by atoms with Gasteiger partial charge in [-0.2, -0.15) is 0 Å². The summed E-state index contributed by atoms with van der Waals surface area (Å²) in [6.07, 6.45) is 4.69. The Labute approximate surface area is 192 Å². The Kier molecular flexibility index (Phi) is 6.78. The number of urea groups is 1. The average Bonchev–Trinajstić information content (AvgIpc) is 2.79. The number of sulfonamides is 1. The summed E-state index contributed by atoms with van der Waals surface area (Å²) in [5.41, 5.74) is 1.18. The molecule has 1 saturated carbocycles. The number of hydrogen-bond donors (Lipinski definition) is 3. The highest BCUT2D eigenvalue weighted by Gasteiger charge is 2.23. The minimum Gasteiger partial charge on any atom is -0.335 e. The van der Waals surface area contributed by atoms with Gasteiger partial charge in [-0.25, -0.2) is 22.9 Å². The molecule has 1 aliphatic rings. The van der Waals surface area contributed by atoms with E-state index in [0.29, 0.717) is 35.5 Å². The number of H-pyrrole nitrogens is 1. The average molecular weight is 469 g/mol. The number of aromatic nitrogens is 2. The van der Waals surface area contributed by atoms with Crippen molar-refractivity contribution in [3.05, 3.63) is 70.3 Å². The van der Waals surface area contributed by atoms with E-state index < -0.39 is 16.1 Å². The number of aromatic amines is 1. The normalized spacial score (nSPS) is 18.7. The maximum Gasteiger partial charge on any atom is 0.328 e. The van der Waals surface area contributed by atoms with Gasteiger partial charge in [0.25, 0.3) is 15.6 Å². The molecule has 174 valence electrons. The number of nitrogens with one attached hydrogen (secondary N) is 3. The van der Waals surface area contributed by atoms with Crippen LogP contribution in [0.1, 0.15) is 44.0 Å². The minimum absolute atomic E-state index is 0.000608. The lowest BCUT2D eigenvalue weighted by Crippen LogP contribution is -2.45. The predicted molar refractivity (Wildman–Crippen MR) is 126 cm³/mol.